The van der Waals surface area contributed by atoms with Crippen LogP contribution >= 0.6 is 11.3 Å². The fourth-order valence-electron chi connectivity index (χ4n) is 3.52. The number of pyridine rings is 1. The van der Waals surface area contributed by atoms with Gasteiger partial charge in [-0.2, -0.15) is 0 Å². The van der Waals surface area contributed by atoms with E-state index in [1.165, 1.54) is 28.7 Å². The molecule has 5 heteroatoms. The maximum atomic E-state index is 5.48. The van der Waals surface area contributed by atoms with E-state index in [9.17, 15) is 0 Å². The topological polar surface area (TPSA) is 28.6 Å². The summed E-state index contributed by atoms with van der Waals surface area (Å²) in [5.41, 5.74) is 0. The standard InChI is InChI=1S/C16H21N3OS/c1-2-13(18-7-9-20-10-8-18)12-19(6-1)16-14-4-11-21-15(14)3-5-17-16/h3-5,11,13H,1-2,6-10,12H2. The first-order chi connectivity index (χ1) is 10.4. The van der Waals surface area contributed by atoms with Gasteiger partial charge < -0.3 is 9.64 Å². The number of ether oxygens (including phenoxy) is 1. The summed E-state index contributed by atoms with van der Waals surface area (Å²) in [6, 6.07) is 4.98. The highest BCUT2D eigenvalue weighted by molar-refractivity contribution is 7.17. The molecule has 0 N–H and O–H groups in total. The quantitative estimate of drug-likeness (QED) is 0.852. The number of morpholine rings is 1. The Morgan fingerprint density at radius 3 is 3.00 bits per heavy atom. The van der Waals surface area contributed by atoms with Gasteiger partial charge in [-0.3, -0.25) is 4.90 Å². The van der Waals surface area contributed by atoms with Gasteiger partial charge in [0.15, 0.2) is 0 Å². The highest BCUT2D eigenvalue weighted by atomic mass is 32.1. The monoisotopic (exact) mass is 303 g/mol. The van der Waals surface area contributed by atoms with E-state index in [2.05, 4.69) is 32.3 Å². The number of nitrogens with zero attached hydrogens (tertiary/aromatic N) is 3. The van der Waals surface area contributed by atoms with E-state index in [1.807, 2.05) is 6.20 Å². The molecule has 2 saturated heterocycles. The van der Waals surface area contributed by atoms with Crippen LogP contribution in [0.1, 0.15) is 12.8 Å². The molecule has 4 nitrogen and oxygen atoms in total. The van der Waals surface area contributed by atoms with Gasteiger partial charge in [0.05, 0.1) is 13.2 Å². The Morgan fingerprint density at radius 2 is 2.10 bits per heavy atom. The summed E-state index contributed by atoms with van der Waals surface area (Å²) in [5.74, 6) is 1.17. The Labute approximate surface area is 129 Å². The highest BCUT2D eigenvalue weighted by Crippen LogP contribution is 2.30. The minimum absolute atomic E-state index is 0.651. The van der Waals surface area contributed by atoms with Crippen molar-refractivity contribution in [3.8, 4) is 0 Å². The maximum absolute atomic E-state index is 5.48. The molecule has 2 aromatic rings. The van der Waals surface area contributed by atoms with Crippen LogP contribution in [0.3, 0.4) is 0 Å². The molecule has 2 fully saturated rings. The smallest absolute Gasteiger partial charge is 0.137 e. The van der Waals surface area contributed by atoms with Gasteiger partial charge >= 0.3 is 0 Å². The summed E-state index contributed by atoms with van der Waals surface area (Å²) in [5, 5.41) is 3.48. The van der Waals surface area contributed by atoms with Gasteiger partial charge in [-0.25, -0.2) is 4.98 Å². The average Bonchev–Trinajstić information content (AvgIpc) is 3.04. The van der Waals surface area contributed by atoms with Gasteiger partial charge in [-0.1, -0.05) is 0 Å². The second-order valence-corrected chi connectivity index (χ2v) is 6.81. The maximum Gasteiger partial charge on any atom is 0.137 e. The SMILES string of the molecule is c1cc2sccc2c(N2CCCC(N3CCOCC3)C2)n1. The van der Waals surface area contributed by atoms with Crippen LogP contribution in [0, 0.1) is 0 Å². The molecule has 4 heterocycles. The van der Waals surface area contributed by atoms with E-state index in [0.717, 1.165) is 39.4 Å². The van der Waals surface area contributed by atoms with Crippen molar-refractivity contribution in [2.24, 2.45) is 0 Å². The molecule has 2 aliphatic heterocycles. The Kier molecular flexibility index (Phi) is 3.80. The zero-order valence-electron chi connectivity index (χ0n) is 12.2. The summed E-state index contributed by atoms with van der Waals surface area (Å²) in [4.78, 5) is 9.76. The Hall–Kier alpha value is -1.17. The normalized spacial score (nSPS) is 24.6. The van der Waals surface area contributed by atoms with E-state index in [0.29, 0.717) is 6.04 Å². The summed E-state index contributed by atoms with van der Waals surface area (Å²) in [6.07, 6.45) is 4.51. The lowest BCUT2D eigenvalue weighted by molar-refractivity contribution is 0.0137. The third kappa shape index (κ3) is 2.65. The molecule has 0 saturated carbocycles. The van der Waals surface area contributed by atoms with Crippen LogP contribution in [0.4, 0.5) is 5.82 Å². The van der Waals surface area contributed by atoms with Crippen LogP contribution in [0.15, 0.2) is 23.7 Å². The van der Waals surface area contributed by atoms with Gasteiger partial charge in [-0.05, 0) is 30.4 Å². The second-order valence-electron chi connectivity index (χ2n) is 5.86. The molecule has 2 aliphatic rings. The minimum Gasteiger partial charge on any atom is -0.379 e. The van der Waals surface area contributed by atoms with E-state index in [-0.39, 0.29) is 0 Å². The van der Waals surface area contributed by atoms with Crippen LogP contribution in [-0.2, 0) is 4.74 Å². The molecule has 0 aromatic carbocycles. The summed E-state index contributed by atoms with van der Waals surface area (Å²) in [6.45, 7) is 6.15. The van der Waals surface area contributed by atoms with E-state index < -0.39 is 0 Å². The lowest BCUT2D eigenvalue weighted by Crippen LogP contribution is -2.51. The van der Waals surface area contributed by atoms with Crippen LogP contribution in [0.25, 0.3) is 10.1 Å². The molecule has 4 rings (SSSR count). The molecule has 21 heavy (non-hydrogen) atoms. The van der Waals surface area contributed by atoms with E-state index >= 15 is 0 Å². The van der Waals surface area contributed by atoms with Crippen molar-refractivity contribution in [3.05, 3.63) is 23.7 Å². The van der Waals surface area contributed by atoms with Crippen LogP contribution in [0.5, 0.6) is 0 Å². The predicted octanol–water partition coefficient (Wildman–Crippen LogP) is 2.60. The van der Waals surface area contributed by atoms with Crippen molar-refractivity contribution in [2.75, 3.05) is 44.3 Å². The molecule has 0 bridgehead atoms. The van der Waals surface area contributed by atoms with Crippen molar-refractivity contribution < 1.29 is 4.74 Å². The number of anilines is 1. The molecular weight excluding hydrogens is 282 g/mol. The Morgan fingerprint density at radius 1 is 1.19 bits per heavy atom. The number of aromatic nitrogens is 1. The van der Waals surface area contributed by atoms with E-state index in [1.54, 1.807) is 11.3 Å². The molecule has 0 spiro atoms. The lowest BCUT2D eigenvalue weighted by atomic mass is 10.0. The zero-order valence-corrected chi connectivity index (χ0v) is 13.0. The van der Waals surface area contributed by atoms with Crippen molar-refractivity contribution in [1.29, 1.82) is 0 Å². The van der Waals surface area contributed by atoms with Crippen molar-refractivity contribution in [1.82, 2.24) is 9.88 Å². The summed E-state index contributed by atoms with van der Waals surface area (Å²) in [7, 11) is 0. The molecule has 112 valence electrons. The van der Waals surface area contributed by atoms with Crippen LogP contribution in [-0.4, -0.2) is 55.3 Å². The molecule has 2 aromatic heterocycles. The minimum atomic E-state index is 0.651. The highest BCUT2D eigenvalue weighted by Gasteiger charge is 2.27. The first kappa shape index (κ1) is 13.5. The number of piperidine rings is 1. The van der Waals surface area contributed by atoms with Gasteiger partial charge in [0.2, 0.25) is 0 Å². The molecule has 0 aliphatic carbocycles. The number of hydrogen-bond donors (Lipinski definition) is 0. The predicted molar refractivity (Wildman–Crippen MR) is 87.2 cm³/mol. The largest absolute Gasteiger partial charge is 0.379 e. The number of thiophene rings is 1. The third-order valence-electron chi connectivity index (χ3n) is 4.62. The number of fused-ring (bicyclic) bond motifs is 1. The molecular formula is C16H21N3OS. The van der Waals surface area contributed by atoms with Crippen LogP contribution in [0.2, 0.25) is 0 Å². The summed E-state index contributed by atoms with van der Waals surface area (Å²) >= 11 is 1.80. The van der Waals surface area contributed by atoms with Crippen molar-refractivity contribution in [2.45, 2.75) is 18.9 Å². The van der Waals surface area contributed by atoms with E-state index in [4.69, 9.17) is 4.74 Å². The second kappa shape index (κ2) is 5.91. The fraction of sp³-hybridized carbons (Fsp3) is 0.562. The first-order valence-electron chi connectivity index (χ1n) is 7.81. The van der Waals surface area contributed by atoms with Crippen LogP contribution < -0.4 is 4.90 Å². The van der Waals surface area contributed by atoms with Crippen molar-refractivity contribution in [3.63, 3.8) is 0 Å². The van der Waals surface area contributed by atoms with Gasteiger partial charge in [-0.15, -0.1) is 11.3 Å². The number of hydrogen-bond acceptors (Lipinski definition) is 5. The number of rotatable bonds is 2. The Bertz CT molecular complexity index is 608. The molecule has 1 atom stereocenters. The molecule has 0 radical (unpaired) electrons. The fourth-order valence-corrected chi connectivity index (χ4v) is 4.30. The third-order valence-corrected chi connectivity index (χ3v) is 5.50. The van der Waals surface area contributed by atoms with Gasteiger partial charge in [0.25, 0.3) is 0 Å². The van der Waals surface area contributed by atoms with Gasteiger partial charge in [0, 0.05) is 48.5 Å². The molecule has 1 unspecified atom stereocenters. The lowest BCUT2D eigenvalue weighted by Gasteiger charge is -2.41. The first-order valence-corrected chi connectivity index (χ1v) is 8.69. The summed E-state index contributed by atoms with van der Waals surface area (Å²) < 4.78 is 6.82. The molecule has 0 amide bonds. The Balaban J connectivity index is 1.56. The van der Waals surface area contributed by atoms with Crippen molar-refractivity contribution >= 4 is 27.2 Å². The average molecular weight is 303 g/mol. The van der Waals surface area contributed by atoms with Gasteiger partial charge in [0.1, 0.15) is 5.82 Å². The zero-order chi connectivity index (χ0) is 14.1.